The average molecular weight is 352 g/mol. The van der Waals surface area contributed by atoms with Gasteiger partial charge in [-0.15, -0.1) is 11.3 Å². The number of nitrogens with one attached hydrogen (secondary N) is 2. The second-order valence-corrected chi connectivity index (χ2v) is 7.80. The molecule has 2 amide bonds. The number of rotatable bonds is 3. The molecule has 0 aliphatic heterocycles. The molecular formula is C20H20N2O2S. The second-order valence-electron chi connectivity index (χ2n) is 6.88. The maximum atomic E-state index is 12.6. The normalized spacial score (nSPS) is 11.3. The maximum Gasteiger partial charge on any atom is 0.257 e. The monoisotopic (exact) mass is 352 g/mol. The summed E-state index contributed by atoms with van der Waals surface area (Å²) in [5.74, 6) is -0.338. The highest BCUT2D eigenvalue weighted by molar-refractivity contribution is 7.17. The van der Waals surface area contributed by atoms with Gasteiger partial charge in [-0.25, -0.2) is 0 Å². The summed E-state index contributed by atoms with van der Waals surface area (Å²) in [6.45, 7) is 5.79. The number of benzene rings is 2. The van der Waals surface area contributed by atoms with Gasteiger partial charge in [-0.1, -0.05) is 24.3 Å². The molecule has 3 rings (SSSR count). The summed E-state index contributed by atoms with van der Waals surface area (Å²) in [5, 5.41) is 8.59. The van der Waals surface area contributed by atoms with E-state index in [0.717, 1.165) is 10.1 Å². The number of hydrogen-bond acceptors (Lipinski definition) is 3. The molecule has 0 saturated carbocycles. The van der Waals surface area contributed by atoms with Crippen LogP contribution in [0.3, 0.4) is 0 Å². The van der Waals surface area contributed by atoms with E-state index in [1.165, 1.54) is 0 Å². The molecule has 2 aromatic carbocycles. The third-order valence-electron chi connectivity index (χ3n) is 3.60. The van der Waals surface area contributed by atoms with Gasteiger partial charge in [0.05, 0.1) is 5.56 Å². The van der Waals surface area contributed by atoms with Gasteiger partial charge in [0.15, 0.2) is 0 Å². The van der Waals surface area contributed by atoms with Crippen molar-refractivity contribution >= 4 is 38.9 Å². The van der Waals surface area contributed by atoms with Gasteiger partial charge in [0.2, 0.25) is 0 Å². The van der Waals surface area contributed by atoms with Crippen LogP contribution in [0.25, 0.3) is 10.1 Å². The fourth-order valence-electron chi connectivity index (χ4n) is 2.50. The van der Waals surface area contributed by atoms with Crippen molar-refractivity contribution in [1.29, 1.82) is 0 Å². The van der Waals surface area contributed by atoms with Crippen LogP contribution in [0.2, 0.25) is 0 Å². The molecule has 25 heavy (non-hydrogen) atoms. The Morgan fingerprint density at radius 3 is 2.48 bits per heavy atom. The minimum absolute atomic E-state index is 0.162. The minimum atomic E-state index is -0.314. The van der Waals surface area contributed by atoms with Gasteiger partial charge in [0, 0.05) is 32.3 Å². The van der Waals surface area contributed by atoms with Crippen molar-refractivity contribution in [3.05, 3.63) is 65.0 Å². The van der Waals surface area contributed by atoms with Crippen molar-refractivity contribution in [3.63, 3.8) is 0 Å². The van der Waals surface area contributed by atoms with E-state index in [4.69, 9.17) is 0 Å². The topological polar surface area (TPSA) is 58.2 Å². The Kier molecular flexibility index (Phi) is 4.59. The summed E-state index contributed by atoms with van der Waals surface area (Å²) in [6.07, 6.45) is 0. The first kappa shape index (κ1) is 17.2. The molecule has 3 aromatic rings. The molecule has 0 saturated heterocycles. The summed E-state index contributed by atoms with van der Waals surface area (Å²) in [7, 11) is 0. The number of amides is 2. The smallest absolute Gasteiger partial charge is 0.257 e. The van der Waals surface area contributed by atoms with Crippen LogP contribution in [0.4, 0.5) is 5.69 Å². The number of thiophene rings is 1. The van der Waals surface area contributed by atoms with Crippen LogP contribution in [0.1, 0.15) is 41.5 Å². The van der Waals surface area contributed by atoms with E-state index in [0.29, 0.717) is 16.8 Å². The first-order valence-corrected chi connectivity index (χ1v) is 8.92. The third-order valence-corrected chi connectivity index (χ3v) is 4.56. The van der Waals surface area contributed by atoms with E-state index >= 15 is 0 Å². The molecule has 0 aliphatic rings. The van der Waals surface area contributed by atoms with Gasteiger partial charge in [-0.3, -0.25) is 9.59 Å². The molecule has 0 fully saturated rings. The molecule has 1 heterocycles. The van der Waals surface area contributed by atoms with E-state index in [-0.39, 0.29) is 17.4 Å². The lowest BCUT2D eigenvalue weighted by Crippen LogP contribution is -2.40. The minimum Gasteiger partial charge on any atom is -0.347 e. The van der Waals surface area contributed by atoms with Gasteiger partial charge in [0.1, 0.15) is 0 Å². The lowest BCUT2D eigenvalue weighted by Gasteiger charge is -2.20. The Bertz CT molecular complexity index is 938. The van der Waals surface area contributed by atoms with Gasteiger partial charge >= 0.3 is 0 Å². The zero-order chi connectivity index (χ0) is 18.0. The predicted octanol–water partition coefficient (Wildman–Crippen LogP) is 4.68. The van der Waals surface area contributed by atoms with Crippen molar-refractivity contribution in [1.82, 2.24) is 5.32 Å². The number of fused-ring (bicyclic) bond motifs is 1. The Labute approximate surface area is 150 Å². The van der Waals surface area contributed by atoms with Crippen LogP contribution in [0.5, 0.6) is 0 Å². The van der Waals surface area contributed by atoms with E-state index in [1.807, 2.05) is 50.4 Å². The highest BCUT2D eigenvalue weighted by Crippen LogP contribution is 2.26. The van der Waals surface area contributed by atoms with Crippen molar-refractivity contribution < 1.29 is 9.59 Å². The molecule has 0 radical (unpaired) electrons. The largest absolute Gasteiger partial charge is 0.347 e. The van der Waals surface area contributed by atoms with Crippen molar-refractivity contribution in [2.75, 3.05) is 5.32 Å². The van der Waals surface area contributed by atoms with E-state index in [2.05, 4.69) is 10.6 Å². The molecule has 1 aromatic heterocycles. The SMILES string of the molecule is CC(C)(C)NC(=O)c1cccc(NC(=O)c2csc3ccccc23)c1. The number of hydrogen-bond donors (Lipinski definition) is 2. The molecule has 0 atom stereocenters. The predicted molar refractivity (Wildman–Crippen MR) is 103 cm³/mol. The van der Waals surface area contributed by atoms with Crippen molar-refractivity contribution in [3.8, 4) is 0 Å². The maximum absolute atomic E-state index is 12.6. The lowest BCUT2D eigenvalue weighted by atomic mass is 10.1. The highest BCUT2D eigenvalue weighted by Gasteiger charge is 2.16. The van der Waals surface area contributed by atoms with Crippen LogP contribution >= 0.6 is 11.3 Å². The van der Waals surface area contributed by atoms with Crippen LogP contribution in [0, 0.1) is 0 Å². The fraction of sp³-hybridized carbons (Fsp3) is 0.200. The summed E-state index contributed by atoms with van der Waals surface area (Å²) in [4.78, 5) is 24.9. The van der Waals surface area contributed by atoms with E-state index in [1.54, 1.807) is 35.6 Å². The Morgan fingerprint density at radius 1 is 0.960 bits per heavy atom. The van der Waals surface area contributed by atoms with E-state index < -0.39 is 0 Å². The van der Waals surface area contributed by atoms with Crippen LogP contribution < -0.4 is 10.6 Å². The fourth-order valence-corrected chi connectivity index (χ4v) is 3.44. The summed E-state index contributed by atoms with van der Waals surface area (Å²) < 4.78 is 1.07. The third kappa shape index (κ3) is 4.06. The lowest BCUT2D eigenvalue weighted by molar-refractivity contribution is 0.0918. The van der Waals surface area contributed by atoms with Gasteiger partial charge in [0.25, 0.3) is 11.8 Å². The van der Waals surface area contributed by atoms with Gasteiger partial charge in [-0.2, -0.15) is 0 Å². The molecule has 2 N–H and O–H groups in total. The summed E-state index contributed by atoms with van der Waals surface area (Å²) in [6, 6.07) is 14.8. The second kappa shape index (κ2) is 6.69. The summed E-state index contributed by atoms with van der Waals surface area (Å²) >= 11 is 1.54. The Morgan fingerprint density at radius 2 is 1.72 bits per heavy atom. The summed E-state index contributed by atoms with van der Waals surface area (Å²) in [5.41, 5.74) is 1.45. The zero-order valence-corrected chi connectivity index (χ0v) is 15.2. The zero-order valence-electron chi connectivity index (χ0n) is 14.4. The quantitative estimate of drug-likeness (QED) is 0.719. The highest BCUT2D eigenvalue weighted by atomic mass is 32.1. The molecule has 0 aliphatic carbocycles. The van der Waals surface area contributed by atoms with Crippen LogP contribution in [-0.4, -0.2) is 17.4 Å². The number of anilines is 1. The van der Waals surface area contributed by atoms with Gasteiger partial charge < -0.3 is 10.6 Å². The van der Waals surface area contributed by atoms with E-state index in [9.17, 15) is 9.59 Å². The number of carbonyl (C=O) groups is 2. The Balaban J connectivity index is 1.80. The molecule has 128 valence electrons. The van der Waals surface area contributed by atoms with Gasteiger partial charge in [-0.05, 0) is 45.0 Å². The molecule has 0 spiro atoms. The first-order valence-electron chi connectivity index (χ1n) is 8.04. The average Bonchev–Trinajstić information content (AvgIpc) is 2.97. The van der Waals surface area contributed by atoms with Crippen molar-refractivity contribution in [2.45, 2.75) is 26.3 Å². The first-order chi connectivity index (χ1) is 11.8. The number of carbonyl (C=O) groups excluding carboxylic acids is 2. The molecule has 0 unspecified atom stereocenters. The van der Waals surface area contributed by atoms with Crippen LogP contribution in [0.15, 0.2) is 53.9 Å². The Hall–Kier alpha value is -2.66. The molecule has 0 bridgehead atoms. The van der Waals surface area contributed by atoms with Crippen molar-refractivity contribution in [2.24, 2.45) is 0 Å². The molecule has 4 nitrogen and oxygen atoms in total. The molecule has 5 heteroatoms. The van der Waals surface area contributed by atoms with Crippen LogP contribution in [-0.2, 0) is 0 Å². The standard InChI is InChI=1S/C20H20N2O2S/c1-20(2,3)22-18(23)13-7-6-8-14(11-13)21-19(24)16-12-25-17-10-5-4-9-15(16)17/h4-12H,1-3H3,(H,21,24)(H,22,23). The molecular weight excluding hydrogens is 332 g/mol.